The van der Waals surface area contributed by atoms with E-state index in [4.69, 9.17) is 0 Å². The molecule has 0 aromatic carbocycles. The first-order valence-corrected chi connectivity index (χ1v) is 5.71. The van der Waals surface area contributed by atoms with Crippen LogP contribution in [0.2, 0.25) is 0 Å². The molecule has 0 aliphatic rings. The molecule has 0 bridgehead atoms. The van der Waals surface area contributed by atoms with E-state index in [1.54, 1.807) is 0 Å². The molecule has 0 amide bonds. The molecule has 0 saturated heterocycles. The smallest absolute Gasteiger partial charge is 0.243 e. The quantitative estimate of drug-likeness (QED) is 0.735. The van der Waals surface area contributed by atoms with Crippen LogP contribution in [0.25, 0.3) is 0 Å². The van der Waals surface area contributed by atoms with Crippen LogP contribution in [0.4, 0.5) is 4.79 Å². The fourth-order valence-electron chi connectivity index (χ4n) is 1.31. The van der Waals surface area contributed by atoms with Crippen molar-refractivity contribution in [3.63, 3.8) is 0 Å². The van der Waals surface area contributed by atoms with Gasteiger partial charge in [-0.1, -0.05) is 20.8 Å². The third-order valence-electron chi connectivity index (χ3n) is 2.05. The van der Waals surface area contributed by atoms with E-state index in [1.807, 2.05) is 20.8 Å². The maximum atomic E-state index is 12.1. The number of halogens is 1. The van der Waals surface area contributed by atoms with Crippen molar-refractivity contribution in [2.75, 3.05) is 0 Å². The first-order valence-electron chi connectivity index (χ1n) is 4.92. The zero-order chi connectivity index (χ0) is 12.6. The van der Waals surface area contributed by atoms with Crippen LogP contribution in [0.3, 0.4) is 0 Å². The lowest BCUT2D eigenvalue weighted by molar-refractivity contribution is 0.235. The molecule has 17 heavy (non-hydrogen) atoms. The van der Waals surface area contributed by atoms with Gasteiger partial charge in [0.1, 0.15) is 18.5 Å². The first kappa shape index (κ1) is 11.9. The van der Waals surface area contributed by atoms with E-state index in [2.05, 4.69) is 36.1 Å². The number of rotatable bonds is 0. The van der Waals surface area contributed by atoms with Gasteiger partial charge in [0.25, 0.3) is 0 Å². The van der Waals surface area contributed by atoms with Crippen molar-refractivity contribution < 1.29 is 4.79 Å². The Morgan fingerprint density at radius 2 is 2.12 bits per heavy atom. The third-order valence-corrected chi connectivity index (χ3v) is 2.38. The van der Waals surface area contributed by atoms with Gasteiger partial charge in [0, 0.05) is 5.41 Å². The van der Waals surface area contributed by atoms with Crippen LogP contribution < -0.4 is 0 Å². The number of aromatic nitrogens is 6. The summed E-state index contributed by atoms with van der Waals surface area (Å²) >= 11 is 3.17. The summed E-state index contributed by atoms with van der Waals surface area (Å²) in [5.74, 6) is 0.560. The van der Waals surface area contributed by atoms with Gasteiger partial charge in [-0.05, 0) is 15.9 Å². The molecule has 8 heteroatoms. The van der Waals surface area contributed by atoms with E-state index in [-0.39, 0.29) is 5.41 Å². The van der Waals surface area contributed by atoms with Gasteiger partial charge in [-0.3, -0.25) is 0 Å². The number of nitrogens with zero attached hydrogens (tertiary/aromatic N) is 6. The highest BCUT2D eigenvalue weighted by Crippen LogP contribution is 2.21. The van der Waals surface area contributed by atoms with Crippen LogP contribution in [-0.2, 0) is 5.41 Å². The standard InChI is InChI=1S/C9H11BrN6O/c1-9(2,3)6-13-7(10)14-16(6)8(17)15-5-11-4-12-15/h4-5H,1-3H3. The Morgan fingerprint density at radius 1 is 1.41 bits per heavy atom. The van der Waals surface area contributed by atoms with Crippen molar-refractivity contribution in [3.8, 4) is 0 Å². The summed E-state index contributed by atoms with van der Waals surface area (Å²) in [5.41, 5.74) is -0.296. The molecule has 2 aromatic heterocycles. The second-order valence-electron chi connectivity index (χ2n) is 4.49. The number of hydrogen-bond acceptors (Lipinski definition) is 5. The SMILES string of the molecule is CC(C)(C)c1nc(Br)nn1C(=O)n1cncn1. The molecular weight excluding hydrogens is 288 g/mol. The summed E-state index contributed by atoms with van der Waals surface area (Å²) in [5, 5.41) is 7.79. The highest BCUT2D eigenvalue weighted by Gasteiger charge is 2.26. The van der Waals surface area contributed by atoms with Gasteiger partial charge >= 0.3 is 6.03 Å². The Hall–Kier alpha value is -1.57. The lowest BCUT2D eigenvalue weighted by Crippen LogP contribution is -2.28. The maximum Gasteiger partial charge on any atom is 0.372 e. The lowest BCUT2D eigenvalue weighted by atomic mass is 9.96. The molecule has 2 heterocycles. The average Bonchev–Trinajstić information content (AvgIpc) is 2.83. The van der Waals surface area contributed by atoms with Crippen molar-refractivity contribution >= 4 is 22.0 Å². The van der Waals surface area contributed by atoms with E-state index >= 15 is 0 Å². The second kappa shape index (κ2) is 4.02. The van der Waals surface area contributed by atoms with E-state index in [0.717, 1.165) is 4.68 Å². The normalized spacial score (nSPS) is 11.8. The topological polar surface area (TPSA) is 78.5 Å². The number of carbonyl (C=O) groups excluding carboxylic acids is 1. The highest BCUT2D eigenvalue weighted by atomic mass is 79.9. The Labute approximate surface area is 106 Å². The highest BCUT2D eigenvalue weighted by molar-refractivity contribution is 9.10. The van der Waals surface area contributed by atoms with Gasteiger partial charge in [-0.15, -0.1) is 5.10 Å². The van der Waals surface area contributed by atoms with Crippen LogP contribution in [0.5, 0.6) is 0 Å². The summed E-state index contributed by atoms with van der Waals surface area (Å²) in [6.45, 7) is 5.86. The van der Waals surface area contributed by atoms with Gasteiger partial charge in [0.15, 0.2) is 0 Å². The minimum absolute atomic E-state index is 0.296. The summed E-state index contributed by atoms with van der Waals surface area (Å²) in [6, 6.07) is -0.411. The molecule has 0 radical (unpaired) electrons. The zero-order valence-corrected chi connectivity index (χ0v) is 11.2. The van der Waals surface area contributed by atoms with Crippen molar-refractivity contribution in [3.05, 3.63) is 23.2 Å². The third kappa shape index (κ3) is 2.26. The Morgan fingerprint density at radius 3 is 2.65 bits per heavy atom. The molecule has 0 atom stereocenters. The van der Waals surface area contributed by atoms with E-state index in [9.17, 15) is 4.79 Å². The van der Waals surface area contributed by atoms with Gasteiger partial charge in [-0.25, -0.2) is 14.8 Å². The lowest BCUT2D eigenvalue weighted by Gasteiger charge is -2.16. The summed E-state index contributed by atoms with van der Waals surface area (Å²) in [4.78, 5) is 20.0. The Balaban J connectivity index is 2.49. The van der Waals surface area contributed by atoms with Gasteiger partial charge < -0.3 is 0 Å². The minimum Gasteiger partial charge on any atom is -0.243 e. The molecule has 0 fully saturated rings. The molecule has 90 valence electrons. The van der Waals surface area contributed by atoms with Crippen LogP contribution >= 0.6 is 15.9 Å². The van der Waals surface area contributed by atoms with E-state index in [1.165, 1.54) is 17.3 Å². The van der Waals surface area contributed by atoms with Crippen molar-refractivity contribution in [1.29, 1.82) is 0 Å². The van der Waals surface area contributed by atoms with Crippen LogP contribution in [0, 0.1) is 0 Å². The molecule has 2 aromatic rings. The monoisotopic (exact) mass is 298 g/mol. The van der Waals surface area contributed by atoms with Crippen LogP contribution in [0.15, 0.2) is 17.4 Å². The molecule has 0 unspecified atom stereocenters. The predicted molar refractivity (Wildman–Crippen MR) is 62.6 cm³/mol. The Kier molecular flexibility index (Phi) is 2.82. The van der Waals surface area contributed by atoms with Crippen molar-refractivity contribution in [1.82, 2.24) is 29.5 Å². The largest absolute Gasteiger partial charge is 0.372 e. The minimum atomic E-state index is -0.411. The van der Waals surface area contributed by atoms with Gasteiger partial charge in [0.05, 0.1) is 0 Å². The van der Waals surface area contributed by atoms with Crippen LogP contribution in [0.1, 0.15) is 26.6 Å². The first-order chi connectivity index (χ1) is 7.89. The van der Waals surface area contributed by atoms with Crippen molar-refractivity contribution in [2.45, 2.75) is 26.2 Å². The summed E-state index contributed by atoms with van der Waals surface area (Å²) < 4.78 is 2.70. The molecule has 2 rings (SSSR count). The molecule has 7 nitrogen and oxygen atoms in total. The predicted octanol–water partition coefficient (Wildman–Crippen LogP) is 1.45. The molecule has 0 saturated carbocycles. The van der Waals surface area contributed by atoms with Crippen molar-refractivity contribution in [2.24, 2.45) is 0 Å². The molecular formula is C9H11BrN6O. The fourth-order valence-corrected chi connectivity index (χ4v) is 1.64. The summed E-state index contributed by atoms with van der Waals surface area (Å²) in [7, 11) is 0. The number of carbonyl (C=O) groups is 1. The maximum absolute atomic E-state index is 12.1. The molecule has 0 N–H and O–H groups in total. The average molecular weight is 299 g/mol. The molecule has 0 aliphatic carbocycles. The zero-order valence-electron chi connectivity index (χ0n) is 9.62. The van der Waals surface area contributed by atoms with Crippen LogP contribution in [-0.4, -0.2) is 35.6 Å². The molecule has 0 aliphatic heterocycles. The van der Waals surface area contributed by atoms with Gasteiger partial charge in [-0.2, -0.15) is 14.5 Å². The molecule has 0 spiro atoms. The Bertz CT molecular complexity index is 538. The number of hydrogen-bond donors (Lipinski definition) is 0. The van der Waals surface area contributed by atoms with E-state index in [0.29, 0.717) is 10.6 Å². The fraction of sp³-hybridized carbons (Fsp3) is 0.444. The summed E-state index contributed by atoms with van der Waals surface area (Å²) in [6.07, 6.45) is 2.62. The van der Waals surface area contributed by atoms with Gasteiger partial charge in [0.2, 0.25) is 4.73 Å². The second-order valence-corrected chi connectivity index (χ2v) is 5.20. The van der Waals surface area contributed by atoms with E-state index < -0.39 is 6.03 Å².